The van der Waals surface area contributed by atoms with Crippen LogP contribution in [0.3, 0.4) is 0 Å². The van der Waals surface area contributed by atoms with E-state index < -0.39 is 34.3 Å². The molecular weight excluding hydrogens is 423 g/mol. The monoisotopic (exact) mass is 443 g/mol. The summed E-state index contributed by atoms with van der Waals surface area (Å²) in [5.41, 5.74) is -0.304. The number of nitro groups is 1. The number of aromatic carboxylic acids is 1. The first-order valence-electron chi connectivity index (χ1n) is 9.63. The Balaban J connectivity index is 1.68. The molecule has 12 heteroatoms. The summed E-state index contributed by atoms with van der Waals surface area (Å²) in [5.74, 6) is -3.48. The number of carboxylic acid groups (broad SMARTS) is 1. The summed E-state index contributed by atoms with van der Waals surface area (Å²) >= 11 is 0. The molecule has 1 heterocycles. The maximum Gasteiger partial charge on any atom is 0.490 e. The van der Waals surface area contributed by atoms with Gasteiger partial charge in [0, 0.05) is 17.1 Å². The van der Waals surface area contributed by atoms with Gasteiger partial charge in [-0.2, -0.15) is 18.3 Å². The van der Waals surface area contributed by atoms with E-state index in [1.807, 2.05) is 0 Å². The standard InChI is InChI=1S/C19H20F3N3O6/c1-10-14-9-24(23-15(14)8-13(17(26)27)16(10)25(29)30)12-4-2-11(3-5-12)6-7-31-18(28)19(20,21)22/h8-9,11-12H,2-7H2,1H3,(H,26,27). The highest BCUT2D eigenvalue weighted by Gasteiger charge is 2.41. The highest BCUT2D eigenvalue weighted by Crippen LogP contribution is 2.36. The van der Waals surface area contributed by atoms with Gasteiger partial charge >= 0.3 is 18.1 Å². The normalized spacial score (nSPS) is 19.4. The van der Waals surface area contributed by atoms with Crippen LogP contribution in [-0.4, -0.2) is 44.5 Å². The van der Waals surface area contributed by atoms with E-state index in [4.69, 9.17) is 0 Å². The van der Waals surface area contributed by atoms with Crippen LogP contribution in [0.4, 0.5) is 18.9 Å². The number of ether oxygens (including phenoxy) is 1. The smallest absolute Gasteiger partial charge is 0.477 e. The van der Waals surface area contributed by atoms with Gasteiger partial charge < -0.3 is 9.84 Å². The Morgan fingerprint density at radius 2 is 1.97 bits per heavy atom. The average molecular weight is 443 g/mol. The Labute approximate surface area is 173 Å². The number of nitro benzene ring substituents is 1. The molecule has 0 amide bonds. The van der Waals surface area contributed by atoms with Crippen molar-refractivity contribution in [2.45, 2.75) is 51.2 Å². The van der Waals surface area contributed by atoms with Crippen molar-refractivity contribution in [1.29, 1.82) is 0 Å². The second-order valence-electron chi connectivity index (χ2n) is 7.60. The Morgan fingerprint density at radius 3 is 2.52 bits per heavy atom. The number of aromatic nitrogens is 2. The maximum atomic E-state index is 12.2. The number of halogens is 3. The average Bonchev–Trinajstić information content (AvgIpc) is 3.12. The van der Waals surface area contributed by atoms with E-state index in [9.17, 15) is 38.0 Å². The minimum Gasteiger partial charge on any atom is -0.477 e. The number of fused-ring (bicyclic) bond motifs is 1. The van der Waals surface area contributed by atoms with E-state index in [1.165, 1.54) is 13.0 Å². The molecule has 1 aliphatic rings. The van der Waals surface area contributed by atoms with Crippen molar-refractivity contribution >= 4 is 28.5 Å². The first-order chi connectivity index (χ1) is 14.5. The highest BCUT2D eigenvalue weighted by atomic mass is 19.4. The Kier molecular flexibility index (Phi) is 6.18. The topological polar surface area (TPSA) is 125 Å². The first-order valence-corrected chi connectivity index (χ1v) is 9.63. The van der Waals surface area contributed by atoms with Gasteiger partial charge in [0.2, 0.25) is 0 Å². The first kappa shape index (κ1) is 22.5. The number of hydrogen-bond acceptors (Lipinski definition) is 6. The zero-order valence-electron chi connectivity index (χ0n) is 16.5. The highest BCUT2D eigenvalue weighted by molar-refractivity contribution is 6.00. The number of nitrogens with zero attached hydrogens (tertiary/aromatic N) is 3. The van der Waals surface area contributed by atoms with Crippen LogP contribution in [0, 0.1) is 23.0 Å². The molecule has 0 atom stereocenters. The van der Waals surface area contributed by atoms with E-state index in [-0.39, 0.29) is 24.1 Å². The number of aryl methyl sites for hydroxylation is 1. The number of carbonyl (C=O) groups is 2. The van der Waals surface area contributed by atoms with Crippen molar-refractivity contribution in [2.24, 2.45) is 5.92 Å². The summed E-state index contributed by atoms with van der Waals surface area (Å²) in [4.78, 5) is 32.8. The lowest BCUT2D eigenvalue weighted by molar-refractivity contribution is -0.385. The van der Waals surface area contributed by atoms with E-state index >= 15 is 0 Å². The lowest BCUT2D eigenvalue weighted by Gasteiger charge is -2.28. The molecule has 1 aromatic heterocycles. The second kappa shape index (κ2) is 8.52. The maximum absolute atomic E-state index is 12.2. The van der Waals surface area contributed by atoms with Crippen molar-refractivity contribution in [3.63, 3.8) is 0 Å². The molecule has 3 rings (SSSR count). The zero-order valence-corrected chi connectivity index (χ0v) is 16.5. The number of carbonyl (C=O) groups excluding carboxylic acids is 1. The SMILES string of the molecule is Cc1c([N+](=O)[O-])c(C(=O)O)cc2nn(C3CCC(CCOC(=O)C(F)(F)F)CC3)cc12. The third kappa shape index (κ3) is 4.78. The van der Waals surface area contributed by atoms with Gasteiger partial charge in [-0.25, -0.2) is 9.59 Å². The Morgan fingerprint density at radius 1 is 1.32 bits per heavy atom. The van der Waals surface area contributed by atoms with Crippen molar-refractivity contribution in [3.05, 3.63) is 33.5 Å². The Hall–Kier alpha value is -3.18. The van der Waals surface area contributed by atoms with Gasteiger partial charge in [0.25, 0.3) is 5.69 Å². The molecule has 0 saturated heterocycles. The summed E-state index contributed by atoms with van der Waals surface area (Å²) in [7, 11) is 0. The largest absolute Gasteiger partial charge is 0.490 e. The minimum atomic E-state index is -4.99. The molecule has 168 valence electrons. The van der Waals surface area contributed by atoms with Gasteiger partial charge in [0.15, 0.2) is 0 Å². The van der Waals surface area contributed by atoms with Crippen LogP contribution >= 0.6 is 0 Å². The predicted molar refractivity (Wildman–Crippen MR) is 101 cm³/mol. The zero-order chi connectivity index (χ0) is 22.9. The van der Waals surface area contributed by atoms with E-state index in [0.29, 0.717) is 43.0 Å². The second-order valence-corrected chi connectivity index (χ2v) is 7.60. The van der Waals surface area contributed by atoms with Crippen molar-refractivity contribution in [3.8, 4) is 0 Å². The minimum absolute atomic E-state index is 0.0203. The van der Waals surface area contributed by atoms with Crippen molar-refractivity contribution < 1.29 is 37.5 Å². The Bertz CT molecular complexity index is 1030. The van der Waals surface area contributed by atoms with Crippen LogP contribution in [-0.2, 0) is 9.53 Å². The van der Waals surface area contributed by atoms with E-state index in [2.05, 4.69) is 9.84 Å². The van der Waals surface area contributed by atoms with Gasteiger partial charge in [0.1, 0.15) is 5.56 Å². The molecule has 2 aromatic rings. The quantitative estimate of drug-likeness (QED) is 0.403. The van der Waals surface area contributed by atoms with Gasteiger partial charge in [0.05, 0.1) is 23.1 Å². The van der Waals surface area contributed by atoms with Crippen LogP contribution in [0.25, 0.3) is 10.9 Å². The molecular formula is C19H20F3N3O6. The van der Waals surface area contributed by atoms with Gasteiger partial charge in [-0.05, 0) is 51.0 Å². The third-order valence-corrected chi connectivity index (χ3v) is 5.65. The number of rotatable bonds is 6. The van der Waals surface area contributed by atoms with Gasteiger partial charge in [-0.3, -0.25) is 14.8 Å². The number of hydrogen-bond donors (Lipinski definition) is 1. The van der Waals surface area contributed by atoms with Gasteiger partial charge in [-0.15, -0.1) is 0 Å². The van der Waals surface area contributed by atoms with Crippen molar-refractivity contribution in [1.82, 2.24) is 9.78 Å². The molecule has 0 radical (unpaired) electrons. The summed E-state index contributed by atoms with van der Waals surface area (Å²) in [6.45, 7) is 1.19. The van der Waals surface area contributed by atoms with Crippen LogP contribution in [0.2, 0.25) is 0 Å². The molecule has 1 aliphatic carbocycles. The number of esters is 1. The van der Waals surface area contributed by atoms with Crippen molar-refractivity contribution in [2.75, 3.05) is 6.61 Å². The fourth-order valence-electron chi connectivity index (χ4n) is 4.02. The fourth-order valence-corrected chi connectivity index (χ4v) is 4.02. The molecule has 0 unspecified atom stereocenters. The fraction of sp³-hybridized carbons (Fsp3) is 0.526. The van der Waals surface area contributed by atoms with Crippen LogP contribution < -0.4 is 0 Å². The predicted octanol–water partition coefficient (Wildman–Crippen LogP) is 4.18. The summed E-state index contributed by atoms with van der Waals surface area (Å²) in [5, 5.41) is 25.6. The lowest BCUT2D eigenvalue weighted by Crippen LogP contribution is -2.26. The number of alkyl halides is 3. The number of benzene rings is 1. The van der Waals surface area contributed by atoms with Crippen LogP contribution in [0.1, 0.15) is 54.1 Å². The summed E-state index contributed by atoms with van der Waals surface area (Å²) in [6, 6.07) is 1.17. The van der Waals surface area contributed by atoms with E-state index in [0.717, 1.165) is 0 Å². The molecule has 1 saturated carbocycles. The van der Waals surface area contributed by atoms with E-state index in [1.54, 1.807) is 10.9 Å². The lowest BCUT2D eigenvalue weighted by atomic mass is 9.84. The number of carboxylic acids is 1. The molecule has 9 nitrogen and oxygen atoms in total. The van der Waals surface area contributed by atoms with Crippen LogP contribution in [0.5, 0.6) is 0 Å². The molecule has 0 aliphatic heterocycles. The summed E-state index contributed by atoms with van der Waals surface area (Å²) in [6.07, 6.45) is -0.235. The van der Waals surface area contributed by atoms with Crippen LogP contribution in [0.15, 0.2) is 12.3 Å². The molecule has 1 N–H and O–H groups in total. The van der Waals surface area contributed by atoms with Gasteiger partial charge in [-0.1, -0.05) is 0 Å². The molecule has 0 spiro atoms. The molecule has 31 heavy (non-hydrogen) atoms. The molecule has 1 fully saturated rings. The third-order valence-electron chi connectivity index (χ3n) is 5.65. The summed E-state index contributed by atoms with van der Waals surface area (Å²) < 4.78 is 42.4. The molecule has 1 aromatic carbocycles. The molecule has 0 bridgehead atoms.